The number of phosphoric ester groups is 1. The fraction of sp³-hybridized carbons (Fsp3) is 0.888. The van der Waals surface area contributed by atoms with Crippen molar-refractivity contribution in [2.45, 2.75) is 479 Å². The number of carbonyl (C=O) groups excluding carboxylic acids is 4. The normalized spacial score (nSPS) is 25.4. The molecule has 2 heterocycles. The van der Waals surface area contributed by atoms with Crippen LogP contribution in [0.1, 0.15) is 374 Å². The Balaban J connectivity index is 1.93. The molecule has 0 spiro atoms. The first-order valence-electron chi connectivity index (χ1n) is 45.7. The highest BCUT2D eigenvalue weighted by Gasteiger charge is 2.60. The van der Waals surface area contributed by atoms with Crippen LogP contribution in [-0.4, -0.2) is 205 Å². The van der Waals surface area contributed by atoms with Gasteiger partial charge in [0.1, 0.15) is 92.6 Å². The summed E-state index contributed by atoms with van der Waals surface area (Å²) in [7, 11) is -5.81. The van der Waals surface area contributed by atoms with Crippen molar-refractivity contribution in [3.63, 3.8) is 0 Å². The van der Waals surface area contributed by atoms with Crippen LogP contribution in [0.5, 0.6) is 0 Å². The van der Waals surface area contributed by atoms with Crippen LogP contribution in [-0.2, 0) is 70.7 Å². The lowest BCUT2D eigenvalue weighted by atomic mass is 9.84. The summed E-state index contributed by atoms with van der Waals surface area (Å²) in [6.07, 6.45) is 28.8. The molecule has 0 aromatic carbocycles. The lowest BCUT2D eigenvalue weighted by Crippen LogP contribution is -2.70. The van der Waals surface area contributed by atoms with E-state index in [0.29, 0.717) is 38.5 Å². The van der Waals surface area contributed by atoms with E-state index in [4.69, 9.17) is 46.9 Å². The summed E-state index contributed by atoms with van der Waals surface area (Å²) in [5.41, 5.74) is 0. The summed E-state index contributed by atoms with van der Waals surface area (Å²) in [6.45, 7) is 5.52. The minimum Gasteiger partial charge on any atom is -0.463 e. The average molecular weight is 1660 g/mol. The van der Waals surface area contributed by atoms with Gasteiger partial charge in [-0.15, -0.1) is 0 Å². The molecule has 1 aliphatic carbocycles. The number of esters is 4. The molecule has 0 aromatic rings. The van der Waals surface area contributed by atoms with E-state index in [0.717, 1.165) is 135 Å². The molecule has 0 bridgehead atoms. The first kappa shape index (κ1) is 106. The second-order valence-corrected chi connectivity index (χ2v) is 33.9. The second-order valence-electron chi connectivity index (χ2n) is 32.4. The largest absolute Gasteiger partial charge is 0.472 e. The van der Waals surface area contributed by atoms with Gasteiger partial charge in [-0.3, -0.25) is 28.2 Å². The van der Waals surface area contributed by atoms with Gasteiger partial charge < -0.3 is 88.7 Å². The number of ether oxygens (including phenoxy) is 8. The van der Waals surface area contributed by atoms with Crippen molar-refractivity contribution < 1.29 is 122 Å². The van der Waals surface area contributed by atoms with Crippen molar-refractivity contribution in [1.29, 1.82) is 0 Å². The molecule has 18 atom stereocenters. The van der Waals surface area contributed by atoms with Gasteiger partial charge in [0.25, 0.3) is 0 Å². The maximum absolute atomic E-state index is 14.9. The number of aliphatic hydroxyl groups is 9. The molecule has 3 rings (SSSR count). The lowest BCUT2D eigenvalue weighted by molar-refractivity contribution is -0.360. The maximum Gasteiger partial charge on any atom is 0.472 e. The molecule has 2 saturated heterocycles. The molecule has 18 unspecified atom stereocenters. The number of unbranched alkanes of at least 4 members (excludes halogenated alkanes) is 43. The Labute approximate surface area is 691 Å². The van der Waals surface area contributed by atoms with E-state index in [1.54, 1.807) is 0 Å². The molecule has 25 nitrogen and oxygen atoms in total. The van der Waals surface area contributed by atoms with Gasteiger partial charge in [-0.1, -0.05) is 282 Å². The van der Waals surface area contributed by atoms with E-state index < -0.39 is 162 Å². The van der Waals surface area contributed by atoms with Gasteiger partial charge in [0.05, 0.1) is 13.2 Å². The van der Waals surface area contributed by atoms with Gasteiger partial charge in [-0.25, -0.2) is 4.57 Å². The van der Waals surface area contributed by atoms with Crippen molar-refractivity contribution in [3.8, 4) is 0 Å². The molecule has 672 valence electrons. The molecule has 10 N–H and O–H groups in total. The number of aliphatic hydroxyl groups excluding tert-OH is 9. The molecular formula is C89H161O25P. The van der Waals surface area contributed by atoms with Crippen molar-refractivity contribution in [2.75, 3.05) is 26.4 Å². The average Bonchev–Trinajstić information content (AvgIpc) is 0.756. The van der Waals surface area contributed by atoms with E-state index in [1.165, 1.54) is 141 Å². The quantitative estimate of drug-likeness (QED) is 0.00889. The summed E-state index contributed by atoms with van der Waals surface area (Å²) in [5, 5.41) is 102. The first-order chi connectivity index (χ1) is 55.7. The van der Waals surface area contributed by atoms with Gasteiger partial charge in [0.15, 0.2) is 24.8 Å². The number of carbonyl (C=O) groups is 4. The van der Waals surface area contributed by atoms with E-state index in [9.17, 15) is 74.6 Å². The minimum atomic E-state index is -5.81. The van der Waals surface area contributed by atoms with Crippen molar-refractivity contribution in [3.05, 3.63) is 36.5 Å². The third-order valence-corrected chi connectivity index (χ3v) is 23.1. The van der Waals surface area contributed by atoms with Crippen LogP contribution < -0.4 is 0 Å². The Morgan fingerprint density at radius 2 is 0.652 bits per heavy atom. The summed E-state index contributed by atoms with van der Waals surface area (Å²) < 4.78 is 73.2. The predicted molar refractivity (Wildman–Crippen MR) is 444 cm³/mol. The van der Waals surface area contributed by atoms with Crippen molar-refractivity contribution in [1.82, 2.24) is 0 Å². The molecule has 26 heteroatoms. The van der Waals surface area contributed by atoms with E-state index in [1.807, 2.05) is 0 Å². The van der Waals surface area contributed by atoms with Crippen LogP contribution >= 0.6 is 7.82 Å². The predicted octanol–water partition coefficient (Wildman–Crippen LogP) is 16.3. The zero-order valence-electron chi connectivity index (χ0n) is 71.3. The van der Waals surface area contributed by atoms with Gasteiger partial charge in [0, 0.05) is 25.7 Å². The summed E-state index contributed by atoms with van der Waals surface area (Å²) in [5.74, 6) is -3.01. The molecule has 0 amide bonds. The van der Waals surface area contributed by atoms with Gasteiger partial charge >= 0.3 is 31.7 Å². The highest BCUT2D eigenvalue weighted by Crippen LogP contribution is 2.49. The molecule has 3 aliphatic rings. The molecule has 0 aromatic heterocycles. The van der Waals surface area contributed by atoms with Crippen molar-refractivity contribution in [2.24, 2.45) is 0 Å². The van der Waals surface area contributed by atoms with Gasteiger partial charge in [0.2, 0.25) is 0 Å². The fourth-order valence-electron chi connectivity index (χ4n) is 14.8. The zero-order chi connectivity index (χ0) is 84.0. The third-order valence-electron chi connectivity index (χ3n) is 22.1. The van der Waals surface area contributed by atoms with E-state index in [2.05, 4.69) is 64.2 Å². The Hall–Kier alpha value is -3.31. The van der Waals surface area contributed by atoms with Crippen LogP contribution in [0.3, 0.4) is 0 Å². The number of hydrogen-bond donors (Lipinski definition) is 10. The zero-order valence-corrected chi connectivity index (χ0v) is 72.2. The molecule has 1 saturated carbocycles. The molecule has 115 heavy (non-hydrogen) atoms. The van der Waals surface area contributed by atoms with E-state index >= 15 is 0 Å². The van der Waals surface area contributed by atoms with Crippen LogP contribution in [0.4, 0.5) is 0 Å². The Morgan fingerprint density at radius 3 is 1.05 bits per heavy atom. The molecular weight excluding hydrogens is 1500 g/mol. The Kier molecular flexibility index (Phi) is 62.8. The Bertz CT molecular complexity index is 2540. The minimum absolute atomic E-state index is 0.00635. The Morgan fingerprint density at radius 1 is 0.339 bits per heavy atom. The summed E-state index contributed by atoms with van der Waals surface area (Å²) >= 11 is 0. The first-order valence-corrected chi connectivity index (χ1v) is 47.2. The van der Waals surface area contributed by atoms with Crippen LogP contribution in [0.15, 0.2) is 36.5 Å². The van der Waals surface area contributed by atoms with E-state index in [-0.39, 0.29) is 32.1 Å². The fourth-order valence-corrected chi connectivity index (χ4v) is 15.7. The third kappa shape index (κ3) is 48.8. The number of phosphoric acid groups is 1. The number of allylic oxidation sites excluding steroid dienone is 6. The topological polar surface area (TPSA) is 380 Å². The van der Waals surface area contributed by atoms with Crippen molar-refractivity contribution >= 4 is 31.7 Å². The SMILES string of the molecule is CCCCCC/C=C\CCCCCCCCCC(=O)OCC1OC(OC2C(OC(=O)CCCCC/C=C\CCCCCCCC)C(O)C(O)C(OC3OC(CO)C(O)C(O)C3O)C2OP(=O)(O)OCC(COC(=O)CCCCCCCCCCCCCCCCC)OC(=O)CCCCC/C=C\CCCCCCCC)C(O)C(O)C1O. The standard InChI is InChI=1S/C89H161O25P/c1-5-9-13-17-21-25-29-33-35-39-41-45-49-53-57-61-72(91)105-66-69(108-74(93)63-59-55-51-47-43-37-31-27-23-19-15-11-7-3)67-107-115(103,104)114-87-85(112-88-82(101)78(97)76(95)70(65-90)109-88)81(100)80(99)84(111-75(94)64-60-56-52-48-44-38-32-28-24-20-16-12-8-4)86(87)113-89-83(102)79(98)77(96)71(110-89)68-106-73(92)62-58-54-50-46-42-40-36-34-30-26-22-18-14-10-6-2/h26,30,37-38,43-44,69-71,76-90,95-102H,5-25,27-29,31-36,39-42,45-68H2,1-4H3,(H,103,104)/b30-26-,43-37-,44-38-. The van der Waals surface area contributed by atoms with Crippen LogP contribution in [0, 0.1) is 0 Å². The van der Waals surface area contributed by atoms with Gasteiger partial charge in [-0.2, -0.15) is 0 Å². The smallest absolute Gasteiger partial charge is 0.463 e. The van der Waals surface area contributed by atoms with Crippen LogP contribution in [0.2, 0.25) is 0 Å². The molecule has 3 fully saturated rings. The highest BCUT2D eigenvalue weighted by atomic mass is 31.2. The number of hydrogen-bond acceptors (Lipinski definition) is 24. The van der Waals surface area contributed by atoms with Crippen LogP contribution in [0.25, 0.3) is 0 Å². The lowest BCUT2D eigenvalue weighted by Gasteiger charge is -2.50. The molecule has 0 radical (unpaired) electrons. The second kappa shape index (κ2) is 68.3. The maximum atomic E-state index is 14.9. The van der Waals surface area contributed by atoms with Gasteiger partial charge in [-0.05, 0) is 103 Å². The monoisotopic (exact) mass is 1660 g/mol. The number of rotatable bonds is 73. The summed E-state index contributed by atoms with van der Waals surface area (Å²) in [4.78, 5) is 66.3. The molecule has 2 aliphatic heterocycles. The highest BCUT2D eigenvalue weighted by molar-refractivity contribution is 7.47. The summed E-state index contributed by atoms with van der Waals surface area (Å²) in [6, 6.07) is 0.